The van der Waals surface area contributed by atoms with E-state index in [9.17, 15) is 0 Å². The summed E-state index contributed by atoms with van der Waals surface area (Å²) in [5.74, 6) is 1.87. The molecule has 1 aromatic carbocycles. The Balaban J connectivity index is 0.00000256. The van der Waals surface area contributed by atoms with Crippen molar-refractivity contribution in [3.8, 4) is 0 Å². The number of benzene rings is 1. The number of aryl methyl sites for hydroxylation is 2. The fourth-order valence-corrected chi connectivity index (χ4v) is 4.48. The van der Waals surface area contributed by atoms with Gasteiger partial charge in [0.2, 0.25) is 0 Å². The van der Waals surface area contributed by atoms with Crippen LogP contribution in [0.25, 0.3) is 0 Å². The quantitative estimate of drug-likeness (QED) is 0.265. The van der Waals surface area contributed by atoms with E-state index >= 15 is 0 Å². The molecule has 0 amide bonds. The van der Waals surface area contributed by atoms with E-state index in [1.807, 2.05) is 18.3 Å². The van der Waals surface area contributed by atoms with Crippen LogP contribution in [0.5, 0.6) is 0 Å². The highest BCUT2D eigenvalue weighted by Gasteiger charge is 2.19. The molecule has 3 aromatic rings. The van der Waals surface area contributed by atoms with Crippen LogP contribution in [0.4, 0.5) is 0 Å². The highest BCUT2D eigenvalue weighted by atomic mass is 127. The van der Waals surface area contributed by atoms with E-state index in [1.165, 1.54) is 16.0 Å². The Labute approximate surface area is 199 Å². The van der Waals surface area contributed by atoms with Gasteiger partial charge in [0.25, 0.3) is 0 Å². The van der Waals surface area contributed by atoms with Gasteiger partial charge in [0.15, 0.2) is 5.96 Å². The van der Waals surface area contributed by atoms with Gasteiger partial charge in [-0.1, -0.05) is 24.3 Å². The number of hydrogen-bond donors (Lipinski definition) is 2. The number of rotatable bonds is 7. The van der Waals surface area contributed by atoms with Gasteiger partial charge in [-0.25, -0.2) is 4.98 Å². The predicted molar refractivity (Wildman–Crippen MR) is 134 cm³/mol. The van der Waals surface area contributed by atoms with Crippen molar-refractivity contribution in [3.63, 3.8) is 0 Å². The van der Waals surface area contributed by atoms with E-state index in [0.717, 1.165) is 61.9 Å². The third kappa shape index (κ3) is 6.57. The molecular weight excluding hydrogens is 507 g/mol. The fourth-order valence-electron chi connectivity index (χ4n) is 3.71. The molecular formula is C23H29IN4OS. The number of guanidine groups is 1. The van der Waals surface area contributed by atoms with Gasteiger partial charge >= 0.3 is 0 Å². The minimum atomic E-state index is 0. The number of nitrogens with zero attached hydrogens (tertiary/aromatic N) is 2. The van der Waals surface area contributed by atoms with Crippen LogP contribution in [-0.4, -0.2) is 30.1 Å². The van der Waals surface area contributed by atoms with Gasteiger partial charge in [-0.2, -0.15) is 0 Å². The van der Waals surface area contributed by atoms with Crippen LogP contribution in [0.3, 0.4) is 0 Å². The summed E-state index contributed by atoms with van der Waals surface area (Å²) in [6.45, 7) is 3.61. The Morgan fingerprint density at radius 3 is 2.83 bits per heavy atom. The average molecular weight is 536 g/mol. The normalized spacial score (nSPS) is 15.9. The molecule has 0 aliphatic heterocycles. The highest BCUT2D eigenvalue weighted by Crippen LogP contribution is 2.21. The lowest BCUT2D eigenvalue weighted by molar-refractivity contribution is 0.501. The lowest BCUT2D eigenvalue weighted by atomic mass is 9.88. The van der Waals surface area contributed by atoms with Crippen molar-refractivity contribution in [2.45, 2.75) is 45.1 Å². The second-order valence-electron chi connectivity index (χ2n) is 7.45. The number of nitrogens with one attached hydrogen (secondary N) is 2. The molecule has 30 heavy (non-hydrogen) atoms. The average Bonchev–Trinajstić information content (AvgIpc) is 3.39. The van der Waals surface area contributed by atoms with E-state index in [-0.39, 0.29) is 24.0 Å². The minimum Gasteiger partial charge on any atom is -0.469 e. The van der Waals surface area contributed by atoms with Crippen molar-refractivity contribution < 1.29 is 4.42 Å². The van der Waals surface area contributed by atoms with E-state index in [0.29, 0.717) is 6.04 Å². The lowest BCUT2D eigenvalue weighted by Gasteiger charge is -2.27. The summed E-state index contributed by atoms with van der Waals surface area (Å²) in [6.07, 6.45) is 8.65. The molecule has 1 aliphatic rings. The second kappa shape index (κ2) is 11.5. The van der Waals surface area contributed by atoms with Crippen molar-refractivity contribution in [1.82, 2.24) is 15.6 Å². The lowest BCUT2D eigenvalue weighted by Crippen LogP contribution is -2.46. The first-order chi connectivity index (χ1) is 14.3. The van der Waals surface area contributed by atoms with Crippen molar-refractivity contribution in [1.29, 1.82) is 0 Å². The molecule has 1 unspecified atom stereocenters. The molecule has 160 valence electrons. The summed E-state index contributed by atoms with van der Waals surface area (Å²) in [4.78, 5) is 10.5. The number of furan rings is 1. The zero-order valence-corrected chi connectivity index (χ0v) is 20.4. The topological polar surface area (TPSA) is 62.5 Å². The first kappa shape index (κ1) is 22.8. The van der Waals surface area contributed by atoms with Gasteiger partial charge in [0.05, 0.1) is 11.3 Å². The van der Waals surface area contributed by atoms with E-state index in [1.54, 1.807) is 17.6 Å². The first-order valence-electron chi connectivity index (χ1n) is 10.3. The Morgan fingerprint density at radius 1 is 1.20 bits per heavy atom. The summed E-state index contributed by atoms with van der Waals surface area (Å²) in [6, 6.07) is 13.1. The van der Waals surface area contributed by atoms with Crippen molar-refractivity contribution >= 4 is 41.3 Å². The first-order valence-corrected chi connectivity index (χ1v) is 11.1. The number of thiazole rings is 1. The van der Waals surface area contributed by atoms with Gasteiger partial charge in [-0.15, -0.1) is 35.3 Å². The summed E-state index contributed by atoms with van der Waals surface area (Å²) in [7, 11) is 0. The number of halogens is 1. The molecule has 4 rings (SSSR count). The third-order valence-electron chi connectivity index (χ3n) is 5.20. The third-order valence-corrected chi connectivity index (χ3v) is 6.17. The molecule has 0 fully saturated rings. The molecule has 1 aliphatic carbocycles. The largest absolute Gasteiger partial charge is 0.469 e. The SMILES string of the molecule is Cc1cnc(CCN=C(NCCc2ccco2)NC2CCc3ccccc3C2)s1.I. The van der Waals surface area contributed by atoms with Crippen LogP contribution in [-0.2, 0) is 25.7 Å². The molecule has 0 radical (unpaired) electrons. The molecule has 0 saturated carbocycles. The monoisotopic (exact) mass is 536 g/mol. The number of aromatic nitrogens is 1. The molecule has 5 nitrogen and oxygen atoms in total. The van der Waals surface area contributed by atoms with Crippen LogP contribution in [0, 0.1) is 6.92 Å². The summed E-state index contributed by atoms with van der Waals surface area (Å²) in [5, 5.41) is 8.29. The maximum absolute atomic E-state index is 5.44. The van der Waals surface area contributed by atoms with E-state index < -0.39 is 0 Å². The fraction of sp³-hybridized carbons (Fsp3) is 0.391. The van der Waals surface area contributed by atoms with E-state index in [2.05, 4.69) is 46.8 Å². The summed E-state index contributed by atoms with van der Waals surface area (Å²) < 4.78 is 5.44. The Bertz CT molecular complexity index is 938. The van der Waals surface area contributed by atoms with Crippen molar-refractivity contribution in [3.05, 3.63) is 75.6 Å². The standard InChI is InChI=1S/C23H28N4OS.HI/c1-17-16-26-22(29-17)11-13-25-23(24-12-10-21-7-4-14-28-21)27-20-9-8-18-5-2-3-6-19(18)15-20;/h2-7,14,16,20H,8-13,15H2,1H3,(H2,24,25,27);1H. The zero-order chi connectivity index (χ0) is 19.9. The van der Waals surface area contributed by atoms with Crippen LogP contribution in [0.2, 0.25) is 0 Å². The van der Waals surface area contributed by atoms with Crippen molar-refractivity contribution in [2.24, 2.45) is 4.99 Å². The van der Waals surface area contributed by atoms with Crippen LogP contribution >= 0.6 is 35.3 Å². The molecule has 2 N–H and O–H groups in total. The predicted octanol–water partition coefficient (Wildman–Crippen LogP) is 4.54. The van der Waals surface area contributed by atoms with Crippen LogP contribution in [0.15, 0.2) is 58.3 Å². The van der Waals surface area contributed by atoms with Crippen molar-refractivity contribution in [2.75, 3.05) is 13.1 Å². The van der Waals surface area contributed by atoms with Gasteiger partial charge in [0, 0.05) is 43.0 Å². The molecule has 2 aromatic heterocycles. The smallest absolute Gasteiger partial charge is 0.191 e. The Morgan fingerprint density at radius 2 is 2.07 bits per heavy atom. The molecule has 7 heteroatoms. The highest BCUT2D eigenvalue weighted by molar-refractivity contribution is 14.0. The molecule has 2 heterocycles. The van der Waals surface area contributed by atoms with Gasteiger partial charge in [0.1, 0.15) is 5.76 Å². The Hall–Kier alpha value is -1.87. The van der Waals surface area contributed by atoms with Crippen LogP contribution in [0.1, 0.15) is 33.2 Å². The van der Waals surface area contributed by atoms with Gasteiger partial charge < -0.3 is 15.1 Å². The van der Waals surface area contributed by atoms with Crippen LogP contribution < -0.4 is 10.6 Å². The molecule has 0 bridgehead atoms. The summed E-state index contributed by atoms with van der Waals surface area (Å²) >= 11 is 1.75. The molecule has 0 saturated heterocycles. The maximum atomic E-state index is 5.44. The summed E-state index contributed by atoms with van der Waals surface area (Å²) in [5.41, 5.74) is 2.93. The van der Waals surface area contributed by atoms with Gasteiger partial charge in [-0.05, 0) is 49.4 Å². The molecule has 1 atom stereocenters. The zero-order valence-electron chi connectivity index (χ0n) is 17.3. The molecule has 0 spiro atoms. The number of aliphatic imine (C=N–C) groups is 1. The second-order valence-corrected chi connectivity index (χ2v) is 8.77. The Kier molecular flexibility index (Phi) is 8.74. The van der Waals surface area contributed by atoms with Gasteiger partial charge in [-0.3, -0.25) is 4.99 Å². The number of fused-ring (bicyclic) bond motifs is 1. The van der Waals surface area contributed by atoms with E-state index in [4.69, 9.17) is 9.41 Å². The maximum Gasteiger partial charge on any atom is 0.191 e. The number of hydrogen-bond acceptors (Lipinski definition) is 4. The minimum absolute atomic E-state index is 0.